The summed E-state index contributed by atoms with van der Waals surface area (Å²) in [5, 5.41) is 15.2. The molecular weight excluding hydrogens is 271 g/mol. The Morgan fingerprint density at radius 1 is 1.19 bits per heavy atom. The fraction of sp³-hybridized carbons (Fsp3) is 0.188. The van der Waals surface area contributed by atoms with E-state index in [4.69, 9.17) is 0 Å². The van der Waals surface area contributed by atoms with Gasteiger partial charge in [0.1, 0.15) is 5.82 Å². The number of halogens is 1. The lowest BCUT2D eigenvalue weighted by Crippen LogP contribution is -2.32. The second-order valence-corrected chi connectivity index (χ2v) is 4.72. The Kier molecular flexibility index (Phi) is 4.90. The van der Waals surface area contributed by atoms with Crippen molar-refractivity contribution < 1.29 is 14.3 Å². The summed E-state index contributed by atoms with van der Waals surface area (Å²) in [6.45, 7) is 1.94. The minimum absolute atomic E-state index is 0.0450. The number of aliphatic hydroxyl groups is 1. The highest BCUT2D eigenvalue weighted by molar-refractivity contribution is 5.90. The van der Waals surface area contributed by atoms with Gasteiger partial charge in [-0.2, -0.15) is 0 Å². The molecule has 0 radical (unpaired) electrons. The summed E-state index contributed by atoms with van der Waals surface area (Å²) < 4.78 is 12.8. The zero-order valence-electron chi connectivity index (χ0n) is 11.6. The van der Waals surface area contributed by atoms with Gasteiger partial charge in [-0.15, -0.1) is 0 Å². The van der Waals surface area contributed by atoms with E-state index < -0.39 is 12.1 Å². The monoisotopic (exact) mass is 288 g/mol. The summed E-state index contributed by atoms with van der Waals surface area (Å²) in [6.07, 6.45) is -0.881. The van der Waals surface area contributed by atoms with Gasteiger partial charge in [-0.1, -0.05) is 30.3 Å². The third-order valence-electron chi connectivity index (χ3n) is 3.10. The molecule has 0 spiro atoms. The first-order valence-electron chi connectivity index (χ1n) is 6.60. The summed E-state index contributed by atoms with van der Waals surface area (Å²) in [5.41, 5.74) is 2.21. The van der Waals surface area contributed by atoms with Gasteiger partial charge in [0.2, 0.25) is 0 Å². The molecule has 0 aliphatic heterocycles. The molecule has 110 valence electrons. The van der Waals surface area contributed by atoms with Crippen molar-refractivity contribution in [3.8, 4) is 0 Å². The van der Waals surface area contributed by atoms with Crippen LogP contribution in [0.5, 0.6) is 0 Å². The molecule has 4 nitrogen and oxygen atoms in total. The van der Waals surface area contributed by atoms with Crippen LogP contribution >= 0.6 is 0 Å². The van der Waals surface area contributed by atoms with E-state index >= 15 is 0 Å². The van der Waals surface area contributed by atoms with Crippen LogP contribution in [0.1, 0.15) is 17.2 Å². The number of anilines is 1. The van der Waals surface area contributed by atoms with Crippen molar-refractivity contribution in [2.45, 2.75) is 13.0 Å². The van der Waals surface area contributed by atoms with Gasteiger partial charge >= 0.3 is 6.03 Å². The van der Waals surface area contributed by atoms with Crippen LogP contribution in [0.15, 0.2) is 48.5 Å². The Hall–Kier alpha value is -2.40. The fourth-order valence-electron chi connectivity index (χ4n) is 1.87. The third kappa shape index (κ3) is 4.29. The molecule has 0 heterocycles. The number of amides is 2. The van der Waals surface area contributed by atoms with Crippen LogP contribution in [0.2, 0.25) is 0 Å². The molecule has 0 bridgehead atoms. The molecule has 2 amide bonds. The maximum Gasteiger partial charge on any atom is 0.319 e. The molecule has 0 aliphatic carbocycles. The summed E-state index contributed by atoms with van der Waals surface area (Å²) in [7, 11) is 0. The maximum atomic E-state index is 12.8. The Morgan fingerprint density at radius 2 is 1.86 bits per heavy atom. The topological polar surface area (TPSA) is 61.4 Å². The second kappa shape index (κ2) is 6.85. The lowest BCUT2D eigenvalue weighted by Gasteiger charge is -2.13. The number of carbonyl (C=O) groups is 1. The summed E-state index contributed by atoms with van der Waals surface area (Å²) in [4.78, 5) is 11.8. The van der Waals surface area contributed by atoms with E-state index in [9.17, 15) is 14.3 Å². The standard InChI is InChI=1S/C16H17FN2O2/c1-11-4-2-3-5-14(11)19-16(21)18-10-15(20)12-6-8-13(17)9-7-12/h2-9,15,20H,10H2,1H3,(H2,18,19,21). The smallest absolute Gasteiger partial charge is 0.319 e. The Bertz CT molecular complexity index is 614. The molecule has 2 aromatic rings. The van der Waals surface area contributed by atoms with Crippen molar-refractivity contribution in [1.82, 2.24) is 5.32 Å². The Morgan fingerprint density at radius 3 is 2.52 bits per heavy atom. The number of hydrogen-bond acceptors (Lipinski definition) is 2. The number of carbonyl (C=O) groups excluding carboxylic acids is 1. The first-order valence-corrected chi connectivity index (χ1v) is 6.60. The van der Waals surface area contributed by atoms with Crippen LogP contribution in [0, 0.1) is 12.7 Å². The molecule has 1 atom stereocenters. The molecule has 0 saturated carbocycles. The van der Waals surface area contributed by atoms with E-state index in [1.807, 2.05) is 25.1 Å². The van der Waals surface area contributed by atoms with E-state index in [1.54, 1.807) is 6.07 Å². The van der Waals surface area contributed by atoms with Crippen molar-refractivity contribution in [2.24, 2.45) is 0 Å². The molecule has 2 rings (SSSR count). The number of aryl methyl sites for hydroxylation is 1. The van der Waals surface area contributed by atoms with Crippen LogP contribution < -0.4 is 10.6 Å². The van der Waals surface area contributed by atoms with E-state index in [1.165, 1.54) is 24.3 Å². The van der Waals surface area contributed by atoms with E-state index in [-0.39, 0.29) is 12.4 Å². The molecule has 21 heavy (non-hydrogen) atoms. The van der Waals surface area contributed by atoms with Gasteiger partial charge in [-0.3, -0.25) is 0 Å². The molecule has 0 fully saturated rings. The van der Waals surface area contributed by atoms with Crippen molar-refractivity contribution in [2.75, 3.05) is 11.9 Å². The van der Waals surface area contributed by atoms with Crippen molar-refractivity contribution in [3.63, 3.8) is 0 Å². The SMILES string of the molecule is Cc1ccccc1NC(=O)NCC(O)c1ccc(F)cc1. The second-order valence-electron chi connectivity index (χ2n) is 4.72. The van der Waals surface area contributed by atoms with Gasteiger partial charge in [0.15, 0.2) is 0 Å². The van der Waals surface area contributed by atoms with Crippen molar-refractivity contribution in [1.29, 1.82) is 0 Å². The molecule has 0 saturated heterocycles. The first kappa shape index (κ1) is 15.0. The van der Waals surface area contributed by atoms with Gasteiger partial charge in [0, 0.05) is 12.2 Å². The van der Waals surface area contributed by atoms with Crippen LogP contribution in [0.4, 0.5) is 14.9 Å². The summed E-state index contributed by atoms with van der Waals surface area (Å²) in [6, 6.07) is 12.5. The quantitative estimate of drug-likeness (QED) is 0.810. The van der Waals surface area contributed by atoms with Crippen LogP contribution in [0.3, 0.4) is 0 Å². The van der Waals surface area contributed by atoms with Gasteiger partial charge in [0.05, 0.1) is 6.10 Å². The van der Waals surface area contributed by atoms with Gasteiger partial charge in [0.25, 0.3) is 0 Å². The highest BCUT2D eigenvalue weighted by Gasteiger charge is 2.10. The number of urea groups is 1. The molecular formula is C16H17FN2O2. The molecule has 2 aromatic carbocycles. The summed E-state index contributed by atoms with van der Waals surface area (Å²) >= 11 is 0. The number of para-hydroxylation sites is 1. The molecule has 0 aliphatic rings. The van der Waals surface area contributed by atoms with Crippen LogP contribution in [-0.4, -0.2) is 17.7 Å². The summed E-state index contributed by atoms with van der Waals surface area (Å²) in [5.74, 6) is -0.365. The number of aliphatic hydroxyl groups excluding tert-OH is 1. The average Bonchev–Trinajstić information content (AvgIpc) is 2.48. The van der Waals surface area contributed by atoms with Gasteiger partial charge < -0.3 is 15.7 Å². The van der Waals surface area contributed by atoms with Gasteiger partial charge in [-0.25, -0.2) is 9.18 Å². The van der Waals surface area contributed by atoms with Gasteiger partial charge in [-0.05, 0) is 36.2 Å². The average molecular weight is 288 g/mol. The highest BCUT2D eigenvalue weighted by atomic mass is 19.1. The molecule has 0 aromatic heterocycles. The fourth-order valence-corrected chi connectivity index (χ4v) is 1.87. The molecule has 3 N–H and O–H groups in total. The largest absolute Gasteiger partial charge is 0.387 e. The predicted molar refractivity (Wildman–Crippen MR) is 79.6 cm³/mol. The van der Waals surface area contributed by atoms with E-state index in [0.717, 1.165) is 5.56 Å². The number of rotatable bonds is 4. The molecule has 5 heteroatoms. The normalized spacial score (nSPS) is 11.8. The zero-order chi connectivity index (χ0) is 15.2. The Balaban J connectivity index is 1.86. The van der Waals surface area contributed by atoms with Crippen LogP contribution in [-0.2, 0) is 0 Å². The highest BCUT2D eigenvalue weighted by Crippen LogP contribution is 2.14. The third-order valence-corrected chi connectivity index (χ3v) is 3.10. The minimum atomic E-state index is -0.881. The Labute approximate surface area is 122 Å². The molecule has 1 unspecified atom stereocenters. The van der Waals surface area contributed by atoms with E-state index in [2.05, 4.69) is 10.6 Å². The zero-order valence-corrected chi connectivity index (χ0v) is 11.6. The lowest BCUT2D eigenvalue weighted by atomic mass is 10.1. The number of benzene rings is 2. The lowest BCUT2D eigenvalue weighted by molar-refractivity contribution is 0.175. The minimum Gasteiger partial charge on any atom is -0.387 e. The maximum absolute atomic E-state index is 12.8. The predicted octanol–water partition coefficient (Wildman–Crippen LogP) is 2.99. The van der Waals surface area contributed by atoms with Crippen molar-refractivity contribution >= 4 is 11.7 Å². The number of hydrogen-bond donors (Lipinski definition) is 3. The van der Waals surface area contributed by atoms with Crippen LogP contribution in [0.25, 0.3) is 0 Å². The van der Waals surface area contributed by atoms with E-state index in [0.29, 0.717) is 11.3 Å². The number of nitrogens with one attached hydrogen (secondary N) is 2. The van der Waals surface area contributed by atoms with Crippen molar-refractivity contribution in [3.05, 3.63) is 65.5 Å². The first-order chi connectivity index (χ1) is 10.1.